The second-order valence-electron chi connectivity index (χ2n) is 11.0. The molecule has 3 N–H and O–H groups in total. The molecule has 1 aliphatic heterocycles. The fourth-order valence-electron chi connectivity index (χ4n) is 6.02. The average molecular weight is 583 g/mol. The Kier molecular flexibility index (Phi) is 8.67. The number of piperazine rings is 1. The van der Waals surface area contributed by atoms with E-state index in [4.69, 9.17) is 0 Å². The third-order valence-corrected chi connectivity index (χ3v) is 8.17. The zero-order valence-corrected chi connectivity index (χ0v) is 24.3. The number of H-pyrrole nitrogens is 1. The Morgan fingerprint density at radius 2 is 1.48 bits per heavy atom. The molecule has 0 spiro atoms. The van der Waals surface area contributed by atoms with Crippen molar-refractivity contribution in [3.63, 3.8) is 0 Å². The van der Waals surface area contributed by atoms with Crippen molar-refractivity contribution in [1.29, 1.82) is 5.26 Å². The summed E-state index contributed by atoms with van der Waals surface area (Å²) in [5.74, 6) is -0.119. The Hall–Kier alpha value is -5.39. The van der Waals surface area contributed by atoms with Crippen LogP contribution in [0, 0.1) is 11.3 Å². The maximum Gasteiger partial charge on any atom is 0.319 e. The monoisotopic (exact) mass is 582 g/mol. The van der Waals surface area contributed by atoms with Crippen LogP contribution >= 0.6 is 0 Å². The van der Waals surface area contributed by atoms with Gasteiger partial charge < -0.3 is 20.5 Å². The van der Waals surface area contributed by atoms with Gasteiger partial charge in [0.2, 0.25) is 5.91 Å². The van der Waals surface area contributed by atoms with Gasteiger partial charge in [0.1, 0.15) is 6.04 Å². The summed E-state index contributed by atoms with van der Waals surface area (Å²) in [4.78, 5) is 34.8. The number of nitrogens with zero attached hydrogens (tertiary/aromatic N) is 3. The van der Waals surface area contributed by atoms with Crippen LogP contribution in [0.3, 0.4) is 0 Å². The van der Waals surface area contributed by atoms with E-state index in [1.54, 1.807) is 24.3 Å². The van der Waals surface area contributed by atoms with Crippen molar-refractivity contribution in [3.8, 4) is 6.07 Å². The van der Waals surface area contributed by atoms with Gasteiger partial charge in [0.15, 0.2) is 0 Å². The number of aromatic nitrogens is 1. The van der Waals surface area contributed by atoms with Gasteiger partial charge in [-0.25, -0.2) is 4.79 Å². The van der Waals surface area contributed by atoms with Gasteiger partial charge >= 0.3 is 6.03 Å². The summed E-state index contributed by atoms with van der Waals surface area (Å²) in [5.41, 5.74) is 5.30. The van der Waals surface area contributed by atoms with Crippen molar-refractivity contribution in [2.75, 3.05) is 31.5 Å². The minimum absolute atomic E-state index is 0.0877. The number of benzene rings is 4. The van der Waals surface area contributed by atoms with Gasteiger partial charge in [-0.3, -0.25) is 9.69 Å². The van der Waals surface area contributed by atoms with Gasteiger partial charge in [-0.15, -0.1) is 0 Å². The number of hydrogen-bond donors (Lipinski definition) is 3. The summed E-state index contributed by atoms with van der Waals surface area (Å²) in [7, 11) is 0. The third-order valence-electron chi connectivity index (χ3n) is 8.17. The first-order chi connectivity index (χ1) is 21.6. The highest BCUT2D eigenvalue weighted by molar-refractivity contribution is 5.94. The first kappa shape index (κ1) is 28.7. The fourth-order valence-corrected chi connectivity index (χ4v) is 6.02. The Morgan fingerprint density at radius 1 is 0.818 bits per heavy atom. The lowest BCUT2D eigenvalue weighted by Crippen LogP contribution is -2.56. The van der Waals surface area contributed by atoms with Gasteiger partial charge in [0.05, 0.1) is 17.7 Å². The average Bonchev–Trinajstić information content (AvgIpc) is 3.48. The number of rotatable bonds is 8. The lowest BCUT2D eigenvalue weighted by atomic mass is 9.96. The molecule has 8 heteroatoms. The highest BCUT2D eigenvalue weighted by atomic mass is 16.2. The number of aromatic amines is 1. The minimum atomic E-state index is -0.779. The number of urea groups is 1. The molecule has 1 saturated heterocycles. The van der Waals surface area contributed by atoms with E-state index >= 15 is 0 Å². The molecule has 0 radical (unpaired) electrons. The number of nitrogens with one attached hydrogen (secondary N) is 3. The van der Waals surface area contributed by atoms with Crippen LogP contribution < -0.4 is 10.6 Å². The van der Waals surface area contributed by atoms with Gasteiger partial charge in [0.25, 0.3) is 0 Å². The van der Waals surface area contributed by atoms with Crippen LogP contribution in [0.5, 0.6) is 0 Å². The summed E-state index contributed by atoms with van der Waals surface area (Å²) in [6, 6.07) is 36.5. The lowest BCUT2D eigenvalue weighted by molar-refractivity contribution is -0.135. The molecule has 44 heavy (non-hydrogen) atoms. The molecule has 3 amide bonds. The van der Waals surface area contributed by atoms with E-state index in [2.05, 4.69) is 75.1 Å². The maximum absolute atomic E-state index is 14.1. The molecule has 5 aromatic rings. The molecule has 1 unspecified atom stereocenters. The van der Waals surface area contributed by atoms with Crippen molar-refractivity contribution in [2.45, 2.75) is 18.5 Å². The van der Waals surface area contributed by atoms with Gasteiger partial charge in [-0.1, -0.05) is 84.9 Å². The Labute approximate surface area is 256 Å². The maximum atomic E-state index is 14.1. The molecule has 1 atom stereocenters. The number of amides is 3. The summed E-state index contributed by atoms with van der Waals surface area (Å²) < 4.78 is 0. The molecular weight excluding hydrogens is 548 g/mol. The van der Waals surface area contributed by atoms with Crippen molar-refractivity contribution in [2.24, 2.45) is 0 Å². The fraction of sp³-hybridized carbons (Fsp3) is 0.194. The predicted molar refractivity (Wildman–Crippen MR) is 172 cm³/mol. The van der Waals surface area contributed by atoms with Crippen LogP contribution in [0.4, 0.5) is 10.5 Å². The summed E-state index contributed by atoms with van der Waals surface area (Å²) in [6.07, 6.45) is 2.24. The molecule has 6 rings (SSSR count). The highest BCUT2D eigenvalue weighted by Gasteiger charge is 2.32. The summed E-state index contributed by atoms with van der Waals surface area (Å²) in [5, 5.41) is 16.0. The first-order valence-corrected chi connectivity index (χ1v) is 14.8. The van der Waals surface area contributed by atoms with E-state index in [0.29, 0.717) is 43.9 Å². The number of hydrogen-bond acceptors (Lipinski definition) is 4. The molecule has 0 bridgehead atoms. The van der Waals surface area contributed by atoms with Crippen molar-refractivity contribution in [1.82, 2.24) is 20.1 Å². The summed E-state index contributed by atoms with van der Waals surface area (Å²) >= 11 is 0. The van der Waals surface area contributed by atoms with Crippen LogP contribution in [0.25, 0.3) is 10.9 Å². The minimum Gasteiger partial charge on any atom is -0.361 e. The SMILES string of the molecule is N#Cc1cccc(NC(=O)NC(Cc2c[nH]c3ccccc23)C(=O)N2CCN(C(c3ccccc3)c3ccccc3)CC2)c1. The van der Waals surface area contributed by atoms with Crippen molar-refractivity contribution >= 4 is 28.5 Å². The van der Waals surface area contributed by atoms with Gasteiger partial charge in [0, 0.05) is 55.4 Å². The Balaban J connectivity index is 1.20. The van der Waals surface area contributed by atoms with E-state index < -0.39 is 12.1 Å². The van der Waals surface area contributed by atoms with Crippen LogP contribution in [0.15, 0.2) is 115 Å². The van der Waals surface area contributed by atoms with E-state index in [-0.39, 0.29) is 11.9 Å². The normalized spacial score (nSPS) is 14.2. The second kappa shape index (κ2) is 13.3. The zero-order valence-electron chi connectivity index (χ0n) is 24.3. The third kappa shape index (κ3) is 6.48. The van der Waals surface area contributed by atoms with Crippen LogP contribution in [-0.2, 0) is 11.2 Å². The quantitative estimate of drug-likeness (QED) is 0.218. The number of anilines is 1. The van der Waals surface area contributed by atoms with Crippen LogP contribution in [-0.4, -0.2) is 58.9 Å². The number of fused-ring (bicyclic) bond motifs is 1. The number of carbonyl (C=O) groups is 2. The van der Waals surface area contributed by atoms with Crippen molar-refractivity contribution in [3.05, 3.63) is 138 Å². The molecule has 0 aliphatic carbocycles. The second-order valence-corrected chi connectivity index (χ2v) is 11.0. The van der Waals surface area contributed by atoms with E-state index in [0.717, 1.165) is 16.5 Å². The molecule has 1 fully saturated rings. The molecule has 2 heterocycles. The number of nitriles is 1. The predicted octanol–water partition coefficient (Wildman–Crippen LogP) is 5.71. The number of carbonyl (C=O) groups excluding carboxylic acids is 2. The van der Waals surface area contributed by atoms with Gasteiger partial charge in [-0.05, 0) is 41.0 Å². The molecule has 1 aliphatic rings. The molecule has 220 valence electrons. The first-order valence-electron chi connectivity index (χ1n) is 14.8. The molecule has 4 aromatic carbocycles. The Bertz CT molecular complexity index is 1730. The summed E-state index contributed by atoms with van der Waals surface area (Å²) in [6.45, 7) is 2.50. The van der Waals surface area contributed by atoms with E-state index in [9.17, 15) is 14.9 Å². The van der Waals surface area contributed by atoms with Crippen molar-refractivity contribution < 1.29 is 9.59 Å². The van der Waals surface area contributed by atoms with E-state index in [1.807, 2.05) is 47.5 Å². The Morgan fingerprint density at radius 3 is 2.16 bits per heavy atom. The zero-order chi connectivity index (χ0) is 30.3. The lowest BCUT2D eigenvalue weighted by Gasteiger charge is -2.40. The molecule has 8 nitrogen and oxygen atoms in total. The highest BCUT2D eigenvalue weighted by Crippen LogP contribution is 2.30. The molecule has 0 saturated carbocycles. The van der Waals surface area contributed by atoms with Crippen LogP contribution in [0.1, 0.15) is 28.3 Å². The van der Waals surface area contributed by atoms with E-state index in [1.165, 1.54) is 11.1 Å². The largest absolute Gasteiger partial charge is 0.361 e. The van der Waals surface area contributed by atoms with Crippen LogP contribution in [0.2, 0.25) is 0 Å². The smallest absolute Gasteiger partial charge is 0.319 e. The van der Waals surface area contributed by atoms with Gasteiger partial charge in [-0.2, -0.15) is 5.26 Å². The standard InChI is InChI=1S/C36H34N6O2/c37-24-26-10-9-15-30(22-26)39-36(44)40-33(23-29-25-38-32-17-8-7-16-31(29)32)35(43)42-20-18-41(19-21-42)34(27-11-3-1-4-12-27)28-13-5-2-6-14-28/h1-17,22,25,33-34,38H,18-21,23H2,(H2,39,40,44). The molecule has 1 aromatic heterocycles. The topological polar surface area (TPSA) is 104 Å². The number of para-hydroxylation sites is 1. The molecular formula is C36H34N6O2.